The Kier molecular flexibility index (Phi) is 8.05. The summed E-state index contributed by atoms with van der Waals surface area (Å²) in [5.41, 5.74) is -6.94. The standard InChI is InChI=1S/C24H28F6N3O3/c1-12(2)10-16-11-17(8-9-18(16)22(36,23(25,26)27)24(28,29)30)33(20(34)13(3)4)21(35)19-14(5)31-32(7)15(19)6/h8-9,11-13H,10H2,1-7H3/q-1. The Morgan fingerprint density at radius 1 is 1.03 bits per heavy atom. The molecule has 0 saturated carbocycles. The summed E-state index contributed by atoms with van der Waals surface area (Å²) in [6, 6.07) is 2.07. The van der Waals surface area contributed by atoms with Gasteiger partial charge in [0.25, 0.3) is 5.91 Å². The second-order valence-electron chi connectivity index (χ2n) is 9.42. The lowest BCUT2D eigenvalue weighted by atomic mass is 9.85. The molecule has 0 N–H and O–H groups in total. The van der Waals surface area contributed by atoms with E-state index in [1.807, 2.05) is 0 Å². The largest absolute Gasteiger partial charge is 0.833 e. The first-order chi connectivity index (χ1) is 16.3. The van der Waals surface area contributed by atoms with Crippen molar-refractivity contribution < 1.29 is 41.0 Å². The van der Waals surface area contributed by atoms with Crippen LogP contribution in [0.3, 0.4) is 0 Å². The van der Waals surface area contributed by atoms with Gasteiger partial charge in [0, 0.05) is 18.7 Å². The zero-order valence-corrected chi connectivity index (χ0v) is 20.9. The first-order valence-electron chi connectivity index (χ1n) is 11.1. The lowest BCUT2D eigenvalue weighted by Gasteiger charge is -2.45. The van der Waals surface area contributed by atoms with Crippen LogP contribution in [0.25, 0.3) is 0 Å². The van der Waals surface area contributed by atoms with E-state index < -0.39 is 52.7 Å². The molecule has 0 bridgehead atoms. The number of carbonyl (C=O) groups excluding carboxylic acids is 2. The van der Waals surface area contributed by atoms with Crippen molar-refractivity contribution in [1.29, 1.82) is 0 Å². The number of imide groups is 1. The highest BCUT2D eigenvalue weighted by Gasteiger charge is 2.63. The minimum atomic E-state index is -6.19. The van der Waals surface area contributed by atoms with Crippen LogP contribution in [0.15, 0.2) is 18.2 Å². The van der Waals surface area contributed by atoms with Gasteiger partial charge >= 0.3 is 12.4 Å². The van der Waals surface area contributed by atoms with E-state index in [0.29, 0.717) is 16.7 Å². The molecule has 2 amide bonds. The van der Waals surface area contributed by atoms with Gasteiger partial charge in [-0.1, -0.05) is 33.8 Å². The summed E-state index contributed by atoms with van der Waals surface area (Å²) in [5, 5.41) is 16.6. The maximum absolute atomic E-state index is 13.6. The number of halogens is 6. The molecule has 0 saturated heterocycles. The molecule has 1 aromatic carbocycles. The predicted octanol–water partition coefficient (Wildman–Crippen LogP) is 4.75. The molecule has 2 rings (SSSR count). The van der Waals surface area contributed by atoms with Crippen LogP contribution in [0.1, 0.15) is 60.6 Å². The third-order valence-electron chi connectivity index (χ3n) is 5.79. The van der Waals surface area contributed by atoms with E-state index in [4.69, 9.17) is 0 Å². The molecule has 1 heterocycles. The number of rotatable bonds is 6. The van der Waals surface area contributed by atoms with E-state index in [9.17, 15) is 41.0 Å². The molecular weight excluding hydrogens is 492 g/mol. The Morgan fingerprint density at radius 3 is 1.94 bits per heavy atom. The number of anilines is 1. The molecule has 0 aliphatic heterocycles. The number of hydrogen-bond acceptors (Lipinski definition) is 4. The predicted molar refractivity (Wildman–Crippen MR) is 118 cm³/mol. The van der Waals surface area contributed by atoms with Crippen molar-refractivity contribution in [1.82, 2.24) is 9.78 Å². The van der Waals surface area contributed by atoms with E-state index in [1.54, 1.807) is 27.8 Å². The van der Waals surface area contributed by atoms with Crippen LogP contribution in [0.5, 0.6) is 0 Å². The molecule has 0 unspecified atom stereocenters. The average molecular weight is 520 g/mol. The van der Waals surface area contributed by atoms with Gasteiger partial charge in [-0.15, -0.1) is 0 Å². The molecule has 0 aliphatic rings. The maximum Gasteiger partial charge on any atom is 0.392 e. The minimum Gasteiger partial charge on any atom is -0.833 e. The third kappa shape index (κ3) is 5.14. The Bertz CT molecular complexity index is 1140. The summed E-state index contributed by atoms with van der Waals surface area (Å²) < 4.78 is 82.9. The number of aryl methyl sites for hydroxylation is 2. The summed E-state index contributed by atoms with van der Waals surface area (Å²) in [6.07, 6.45) is -12.7. The average Bonchev–Trinajstić information content (AvgIpc) is 2.96. The van der Waals surface area contributed by atoms with Crippen LogP contribution in [0.2, 0.25) is 0 Å². The fraction of sp³-hybridized carbons (Fsp3) is 0.542. The van der Waals surface area contributed by atoms with E-state index in [2.05, 4.69) is 5.10 Å². The Morgan fingerprint density at radius 2 is 1.56 bits per heavy atom. The Hall–Kier alpha value is -2.89. The van der Waals surface area contributed by atoms with Crippen LogP contribution >= 0.6 is 0 Å². The molecule has 0 spiro atoms. The van der Waals surface area contributed by atoms with E-state index in [0.717, 1.165) is 12.1 Å². The molecule has 1 aromatic heterocycles. The van der Waals surface area contributed by atoms with Gasteiger partial charge in [-0.2, -0.15) is 31.4 Å². The normalized spacial score (nSPS) is 13.0. The number of alkyl halides is 6. The highest BCUT2D eigenvalue weighted by molar-refractivity contribution is 6.22. The Labute approximate surface area is 204 Å². The van der Waals surface area contributed by atoms with Gasteiger partial charge in [0.05, 0.1) is 16.9 Å². The van der Waals surface area contributed by atoms with Crippen molar-refractivity contribution in [3.8, 4) is 0 Å². The van der Waals surface area contributed by atoms with Crippen molar-refractivity contribution in [3.05, 3.63) is 46.3 Å². The second-order valence-corrected chi connectivity index (χ2v) is 9.42. The third-order valence-corrected chi connectivity index (χ3v) is 5.79. The van der Waals surface area contributed by atoms with Crippen LogP contribution in [0.4, 0.5) is 32.0 Å². The number of hydrogen-bond donors (Lipinski definition) is 0. The lowest BCUT2D eigenvalue weighted by molar-refractivity contribution is -0.604. The second kappa shape index (κ2) is 9.87. The van der Waals surface area contributed by atoms with Gasteiger partial charge in [0.2, 0.25) is 5.91 Å². The number of carbonyl (C=O) groups is 2. The molecule has 0 aliphatic carbocycles. The van der Waals surface area contributed by atoms with E-state index in [1.165, 1.54) is 25.5 Å². The molecule has 0 fully saturated rings. The summed E-state index contributed by atoms with van der Waals surface area (Å²) in [7, 11) is 1.57. The number of aromatic nitrogens is 2. The van der Waals surface area contributed by atoms with E-state index in [-0.39, 0.29) is 23.4 Å². The zero-order valence-electron chi connectivity index (χ0n) is 20.9. The molecule has 6 nitrogen and oxygen atoms in total. The van der Waals surface area contributed by atoms with Crippen molar-refractivity contribution >= 4 is 17.5 Å². The maximum atomic E-state index is 13.6. The van der Waals surface area contributed by atoms with Gasteiger partial charge in [-0.3, -0.25) is 14.3 Å². The molecular formula is C24H28F6N3O3-. The van der Waals surface area contributed by atoms with Crippen LogP contribution in [0, 0.1) is 25.7 Å². The molecule has 0 radical (unpaired) electrons. The quantitative estimate of drug-likeness (QED) is 0.516. The topological polar surface area (TPSA) is 78.3 Å². The van der Waals surface area contributed by atoms with Gasteiger partial charge in [0.15, 0.2) is 0 Å². The summed E-state index contributed by atoms with van der Waals surface area (Å²) in [4.78, 5) is 27.3. The SMILES string of the molecule is Cc1nn(C)c(C)c1C(=O)N(C(=O)C(C)C)c1ccc(C([O-])(C(F)(F)F)C(F)(F)F)c(CC(C)C)c1. The Balaban J connectivity index is 2.85. The van der Waals surface area contributed by atoms with E-state index >= 15 is 0 Å². The monoisotopic (exact) mass is 520 g/mol. The highest BCUT2D eigenvalue weighted by atomic mass is 19.4. The first-order valence-corrected chi connectivity index (χ1v) is 11.1. The fourth-order valence-electron chi connectivity index (χ4n) is 3.94. The molecule has 200 valence electrons. The zero-order chi connectivity index (χ0) is 28.0. The van der Waals surface area contributed by atoms with Crippen LogP contribution in [-0.2, 0) is 23.9 Å². The summed E-state index contributed by atoms with van der Waals surface area (Å²) in [5.74, 6) is -2.76. The van der Waals surface area contributed by atoms with Crippen molar-refractivity contribution in [3.63, 3.8) is 0 Å². The van der Waals surface area contributed by atoms with Gasteiger partial charge in [-0.25, -0.2) is 4.90 Å². The van der Waals surface area contributed by atoms with Gasteiger partial charge in [-0.05, 0) is 49.4 Å². The number of nitrogens with zero attached hydrogens (tertiary/aromatic N) is 3. The minimum absolute atomic E-state index is 0.0738. The number of amides is 2. The van der Waals surface area contributed by atoms with Gasteiger partial charge in [0.1, 0.15) is 5.60 Å². The smallest absolute Gasteiger partial charge is 0.392 e. The lowest BCUT2D eigenvalue weighted by Crippen LogP contribution is -2.63. The first kappa shape index (κ1) is 29.3. The van der Waals surface area contributed by atoms with Crippen LogP contribution < -0.4 is 10.0 Å². The van der Waals surface area contributed by atoms with Gasteiger partial charge < -0.3 is 5.11 Å². The van der Waals surface area contributed by atoms with Crippen molar-refractivity contribution in [2.75, 3.05) is 4.90 Å². The van der Waals surface area contributed by atoms with Crippen molar-refractivity contribution in [2.45, 2.75) is 65.9 Å². The summed E-state index contributed by atoms with van der Waals surface area (Å²) in [6.45, 7) is 9.19. The number of benzene rings is 1. The summed E-state index contributed by atoms with van der Waals surface area (Å²) >= 11 is 0. The molecule has 12 heteroatoms. The fourth-order valence-corrected chi connectivity index (χ4v) is 3.94. The highest BCUT2D eigenvalue weighted by Crippen LogP contribution is 2.49. The molecule has 36 heavy (non-hydrogen) atoms. The van der Waals surface area contributed by atoms with Crippen LogP contribution in [-0.4, -0.2) is 33.9 Å². The molecule has 2 aromatic rings. The molecule has 0 atom stereocenters. The van der Waals surface area contributed by atoms with Crippen molar-refractivity contribution in [2.24, 2.45) is 18.9 Å².